The lowest BCUT2D eigenvalue weighted by Crippen LogP contribution is -2.15. The third-order valence-electron chi connectivity index (χ3n) is 4.34. The van der Waals surface area contributed by atoms with Crippen molar-refractivity contribution in [2.24, 2.45) is 0 Å². The molecule has 1 aliphatic heterocycles. The Balaban J connectivity index is 1.59. The van der Waals surface area contributed by atoms with Gasteiger partial charge in [0.1, 0.15) is 25.6 Å². The van der Waals surface area contributed by atoms with Gasteiger partial charge in [-0.25, -0.2) is 0 Å². The van der Waals surface area contributed by atoms with E-state index in [0.29, 0.717) is 19.8 Å². The Morgan fingerprint density at radius 2 is 1.88 bits per heavy atom. The van der Waals surface area contributed by atoms with Crippen LogP contribution in [0.3, 0.4) is 0 Å². The molecule has 0 saturated carbocycles. The maximum absolute atomic E-state index is 10.3. The van der Waals surface area contributed by atoms with Crippen molar-refractivity contribution < 1.29 is 19.3 Å². The fourth-order valence-corrected chi connectivity index (χ4v) is 2.91. The zero-order valence-corrected chi connectivity index (χ0v) is 14.7. The molecule has 0 fully saturated rings. The third-order valence-corrected chi connectivity index (χ3v) is 4.34. The van der Waals surface area contributed by atoms with Crippen molar-refractivity contribution in [1.82, 2.24) is 0 Å². The number of hydrogen-bond acceptors (Lipinski definition) is 4. The molecule has 1 atom stereocenters. The molecule has 4 heteroatoms. The van der Waals surface area contributed by atoms with Gasteiger partial charge in [-0.2, -0.15) is 0 Å². The van der Waals surface area contributed by atoms with Crippen LogP contribution in [-0.2, 0) is 6.61 Å². The van der Waals surface area contributed by atoms with Gasteiger partial charge in [0.25, 0.3) is 0 Å². The highest BCUT2D eigenvalue weighted by atomic mass is 16.6. The van der Waals surface area contributed by atoms with Crippen LogP contribution >= 0.6 is 0 Å². The van der Waals surface area contributed by atoms with E-state index in [-0.39, 0.29) is 0 Å². The molecule has 134 valence electrons. The van der Waals surface area contributed by atoms with Crippen molar-refractivity contribution in [2.75, 3.05) is 13.2 Å². The molecule has 2 aromatic rings. The van der Waals surface area contributed by atoms with Crippen molar-refractivity contribution in [1.29, 1.82) is 0 Å². The minimum atomic E-state index is -0.426. The summed E-state index contributed by atoms with van der Waals surface area (Å²) in [5.41, 5.74) is 1.94. The SMILES string of the molecule is CCCCCC(O)c1cccc(OCc2ccc3c(c2)OCCO3)c1. The number of aliphatic hydroxyl groups excluding tert-OH is 1. The predicted molar refractivity (Wildman–Crippen MR) is 97.3 cm³/mol. The summed E-state index contributed by atoms with van der Waals surface area (Å²) in [7, 11) is 0. The maximum Gasteiger partial charge on any atom is 0.161 e. The number of hydrogen-bond donors (Lipinski definition) is 1. The summed E-state index contributed by atoms with van der Waals surface area (Å²) < 4.78 is 17.0. The molecule has 1 unspecified atom stereocenters. The topological polar surface area (TPSA) is 47.9 Å². The second-order valence-corrected chi connectivity index (χ2v) is 6.35. The molecule has 0 aromatic heterocycles. The molecule has 2 aromatic carbocycles. The van der Waals surface area contributed by atoms with Crippen LogP contribution in [0.4, 0.5) is 0 Å². The van der Waals surface area contributed by atoms with Crippen LogP contribution in [-0.4, -0.2) is 18.3 Å². The fraction of sp³-hybridized carbons (Fsp3) is 0.429. The van der Waals surface area contributed by atoms with E-state index in [2.05, 4.69) is 6.92 Å². The minimum Gasteiger partial charge on any atom is -0.489 e. The fourth-order valence-electron chi connectivity index (χ4n) is 2.91. The van der Waals surface area contributed by atoms with Gasteiger partial charge in [0, 0.05) is 0 Å². The van der Waals surface area contributed by atoms with Crippen molar-refractivity contribution in [3.63, 3.8) is 0 Å². The molecule has 25 heavy (non-hydrogen) atoms. The van der Waals surface area contributed by atoms with E-state index >= 15 is 0 Å². The Morgan fingerprint density at radius 3 is 2.72 bits per heavy atom. The molecule has 1 aliphatic rings. The Morgan fingerprint density at radius 1 is 1.04 bits per heavy atom. The molecule has 0 saturated heterocycles. The maximum atomic E-state index is 10.3. The highest BCUT2D eigenvalue weighted by Gasteiger charge is 2.12. The molecule has 4 nitrogen and oxygen atoms in total. The van der Waals surface area contributed by atoms with Crippen LogP contribution in [0, 0.1) is 0 Å². The zero-order chi connectivity index (χ0) is 17.5. The third kappa shape index (κ3) is 4.89. The summed E-state index contributed by atoms with van der Waals surface area (Å²) in [5.74, 6) is 2.32. The Kier molecular flexibility index (Phi) is 6.18. The molecule has 0 spiro atoms. The number of benzene rings is 2. The Labute approximate surface area is 149 Å². The predicted octanol–water partition coefficient (Wildman–Crippen LogP) is 4.65. The molecular formula is C21H26O4. The molecule has 1 N–H and O–H groups in total. The van der Waals surface area contributed by atoms with Crippen LogP contribution in [0.5, 0.6) is 17.2 Å². The van der Waals surface area contributed by atoms with Crippen LogP contribution in [0.2, 0.25) is 0 Å². The monoisotopic (exact) mass is 342 g/mol. The van der Waals surface area contributed by atoms with Crippen LogP contribution < -0.4 is 14.2 Å². The molecule has 3 rings (SSSR count). The molecular weight excluding hydrogens is 316 g/mol. The number of unbranched alkanes of at least 4 members (excludes halogenated alkanes) is 2. The lowest BCUT2D eigenvalue weighted by molar-refractivity contribution is 0.163. The first-order chi connectivity index (χ1) is 12.3. The molecule has 0 bridgehead atoms. The van der Waals surface area contributed by atoms with Gasteiger partial charge in [-0.05, 0) is 41.8 Å². The van der Waals surface area contributed by atoms with E-state index in [1.54, 1.807) is 0 Å². The van der Waals surface area contributed by atoms with Crippen molar-refractivity contribution >= 4 is 0 Å². The molecule has 0 radical (unpaired) electrons. The average Bonchev–Trinajstić information content (AvgIpc) is 2.66. The normalized spacial score (nSPS) is 14.2. The number of ether oxygens (including phenoxy) is 3. The first-order valence-electron chi connectivity index (χ1n) is 9.05. The zero-order valence-electron chi connectivity index (χ0n) is 14.7. The van der Waals surface area contributed by atoms with E-state index in [9.17, 15) is 5.11 Å². The highest BCUT2D eigenvalue weighted by molar-refractivity contribution is 5.43. The summed E-state index contributed by atoms with van der Waals surface area (Å²) in [5, 5.41) is 10.3. The van der Waals surface area contributed by atoms with E-state index < -0.39 is 6.10 Å². The van der Waals surface area contributed by atoms with Gasteiger partial charge in [0.05, 0.1) is 6.10 Å². The van der Waals surface area contributed by atoms with Crippen LogP contribution in [0.25, 0.3) is 0 Å². The highest BCUT2D eigenvalue weighted by Crippen LogP contribution is 2.31. The van der Waals surface area contributed by atoms with Gasteiger partial charge in [-0.1, -0.05) is 44.4 Å². The minimum absolute atomic E-state index is 0.426. The molecule has 1 heterocycles. The first kappa shape index (κ1) is 17.6. The van der Waals surface area contributed by atoms with Crippen LogP contribution in [0.15, 0.2) is 42.5 Å². The summed E-state index contributed by atoms with van der Waals surface area (Å²) in [4.78, 5) is 0. The van der Waals surface area contributed by atoms with Crippen molar-refractivity contribution in [3.8, 4) is 17.2 Å². The van der Waals surface area contributed by atoms with E-state index in [1.165, 1.54) is 0 Å². The lowest BCUT2D eigenvalue weighted by Gasteiger charge is -2.19. The smallest absolute Gasteiger partial charge is 0.161 e. The summed E-state index contributed by atoms with van der Waals surface area (Å²) in [6.45, 7) is 3.79. The standard InChI is InChI=1S/C21H26O4/c1-2-3-4-8-19(22)17-6-5-7-18(14-17)25-15-16-9-10-20-21(13-16)24-12-11-23-20/h5-7,9-10,13-14,19,22H,2-4,8,11-12,15H2,1H3. The van der Waals surface area contributed by atoms with E-state index in [4.69, 9.17) is 14.2 Å². The summed E-state index contributed by atoms with van der Waals surface area (Å²) in [6, 6.07) is 13.6. The largest absolute Gasteiger partial charge is 0.489 e. The number of rotatable bonds is 8. The van der Waals surface area contributed by atoms with E-state index in [0.717, 1.165) is 54.1 Å². The Hall–Kier alpha value is -2.20. The average molecular weight is 342 g/mol. The number of fused-ring (bicyclic) bond motifs is 1. The van der Waals surface area contributed by atoms with Gasteiger partial charge in [0.15, 0.2) is 11.5 Å². The summed E-state index contributed by atoms with van der Waals surface area (Å²) in [6.07, 6.45) is 3.71. The van der Waals surface area contributed by atoms with Gasteiger partial charge in [-0.3, -0.25) is 0 Å². The quantitative estimate of drug-likeness (QED) is 0.709. The second kappa shape index (κ2) is 8.77. The van der Waals surface area contributed by atoms with E-state index in [1.807, 2.05) is 42.5 Å². The lowest BCUT2D eigenvalue weighted by atomic mass is 10.0. The van der Waals surface area contributed by atoms with Crippen molar-refractivity contribution in [2.45, 2.75) is 45.3 Å². The van der Waals surface area contributed by atoms with Gasteiger partial charge < -0.3 is 19.3 Å². The van der Waals surface area contributed by atoms with Gasteiger partial charge >= 0.3 is 0 Å². The summed E-state index contributed by atoms with van der Waals surface area (Å²) >= 11 is 0. The van der Waals surface area contributed by atoms with Crippen molar-refractivity contribution in [3.05, 3.63) is 53.6 Å². The van der Waals surface area contributed by atoms with Gasteiger partial charge in [-0.15, -0.1) is 0 Å². The first-order valence-corrected chi connectivity index (χ1v) is 9.05. The second-order valence-electron chi connectivity index (χ2n) is 6.35. The Bertz CT molecular complexity index is 683. The number of aliphatic hydroxyl groups is 1. The van der Waals surface area contributed by atoms with Crippen LogP contribution in [0.1, 0.15) is 49.8 Å². The molecule has 0 amide bonds. The molecule has 0 aliphatic carbocycles. The van der Waals surface area contributed by atoms with Gasteiger partial charge in [0.2, 0.25) is 0 Å².